The van der Waals surface area contributed by atoms with Gasteiger partial charge in [0.1, 0.15) is 17.6 Å². The summed E-state index contributed by atoms with van der Waals surface area (Å²) in [6, 6.07) is 5.50. The van der Waals surface area contributed by atoms with E-state index in [1.807, 2.05) is 32.9 Å². The molecule has 104 valence electrons. The minimum atomic E-state index is -1.04. The van der Waals surface area contributed by atoms with Crippen LogP contribution < -0.4 is 4.74 Å². The molecule has 5 nitrogen and oxygen atoms in total. The molecule has 0 unspecified atom stereocenters. The number of hydrogen-bond acceptors (Lipinski definition) is 4. The molecular weight excluding hydrogens is 256 g/mol. The second kappa shape index (κ2) is 5.69. The molecule has 1 aromatic heterocycles. The van der Waals surface area contributed by atoms with Gasteiger partial charge in [0.05, 0.1) is 11.8 Å². The molecule has 2 rings (SSSR count). The average Bonchev–Trinajstić information content (AvgIpc) is 2.40. The first-order valence-electron chi connectivity index (χ1n) is 6.30. The lowest BCUT2D eigenvalue weighted by molar-refractivity contribution is 0.0697. The predicted molar refractivity (Wildman–Crippen MR) is 74.9 cm³/mol. The van der Waals surface area contributed by atoms with E-state index in [1.165, 1.54) is 12.5 Å². The van der Waals surface area contributed by atoms with Crippen LogP contribution in [0.15, 0.2) is 30.7 Å². The number of aromatic nitrogens is 2. The molecule has 0 aliphatic heterocycles. The van der Waals surface area contributed by atoms with Gasteiger partial charge in [-0.05, 0) is 44.5 Å². The maximum atomic E-state index is 11.2. The normalized spacial score (nSPS) is 10.6. The second-order valence-electron chi connectivity index (χ2n) is 4.74. The summed E-state index contributed by atoms with van der Waals surface area (Å²) in [5.41, 5.74) is 2.17. The molecule has 0 amide bonds. The van der Waals surface area contributed by atoms with Crippen molar-refractivity contribution in [2.45, 2.75) is 26.9 Å². The lowest BCUT2D eigenvalue weighted by Gasteiger charge is -2.13. The van der Waals surface area contributed by atoms with E-state index in [0.29, 0.717) is 5.69 Å². The largest absolute Gasteiger partial charge is 0.491 e. The van der Waals surface area contributed by atoms with Crippen LogP contribution in [0.2, 0.25) is 0 Å². The molecular formula is C15H16N2O3. The van der Waals surface area contributed by atoms with Gasteiger partial charge in [-0.15, -0.1) is 0 Å². The van der Waals surface area contributed by atoms with Gasteiger partial charge in [-0.2, -0.15) is 0 Å². The Morgan fingerprint density at radius 3 is 2.70 bits per heavy atom. The highest BCUT2D eigenvalue weighted by molar-refractivity contribution is 5.94. The minimum Gasteiger partial charge on any atom is -0.491 e. The number of rotatable bonds is 4. The topological polar surface area (TPSA) is 72.3 Å². The molecule has 1 aromatic carbocycles. The lowest BCUT2D eigenvalue weighted by atomic mass is 10.0. The summed E-state index contributed by atoms with van der Waals surface area (Å²) in [6.07, 6.45) is 2.74. The van der Waals surface area contributed by atoms with Crippen LogP contribution in [0.4, 0.5) is 0 Å². The molecule has 0 spiro atoms. The summed E-state index contributed by atoms with van der Waals surface area (Å²) < 4.78 is 5.66. The summed E-state index contributed by atoms with van der Waals surface area (Å²) in [6.45, 7) is 5.84. The number of hydrogen-bond donors (Lipinski definition) is 1. The summed E-state index contributed by atoms with van der Waals surface area (Å²) in [7, 11) is 0. The summed E-state index contributed by atoms with van der Waals surface area (Å²) >= 11 is 0. The van der Waals surface area contributed by atoms with Crippen molar-refractivity contribution < 1.29 is 14.6 Å². The molecule has 1 N–H and O–H groups in total. The summed E-state index contributed by atoms with van der Waals surface area (Å²) in [5, 5.41) is 9.17. The Bertz CT molecular complexity index is 639. The molecule has 1 heterocycles. The third-order valence-corrected chi connectivity index (χ3v) is 2.75. The second-order valence-corrected chi connectivity index (χ2v) is 4.74. The van der Waals surface area contributed by atoms with E-state index in [4.69, 9.17) is 9.84 Å². The first-order valence-corrected chi connectivity index (χ1v) is 6.30. The van der Waals surface area contributed by atoms with Crippen LogP contribution in [0.1, 0.15) is 29.8 Å². The monoisotopic (exact) mass is 272 g/mol. The fraction of sp³-hybridized carbons (Fsp3) is 0.267. The minimum absolute atomic E-state index is 0.0874. The maximum absolute atomic E-state index is 11.2. The van der Waals surface area contributed by atoms with Gasteiger partial charge in [0, 0.05) is 11.8 Å². The molecule has 0 fully saturated rings. The van der Waals surface area contributed by atoms with Crippen molar-refractivity contribution in [2.24, 2.45) is 0 Å². The summed E-state index contributed by atoms with van der Waals surface area (Å²) in [4.78, 5) is 19.0. The van der Waals surface area contributed by atoms with E-state index in [1.54, 1.807) is 6.07 Å². The number of aryl methyl sites for hydroxylation is 1. The Hall–Kier alpha value is -2.43. The van der Waals surface area contributed by atoms with Crippen molar-refractivity contribution in [3.63, 3.8) is 0 Å². The number of nitrogens with zero attached hydrogens (tertiary/aromatic N) is 2. The van der Waals surface area contributed by atoms with E-state index >= 15 is 0 Å². The standard InChI is InChI=1S/C15H16N2O3/c1-9(2)20-13-5-4-11(6-10(13)3)14-12(15(18)19)7-16-8-17-14/h4-9H,1-3H3,(H,18,19). The Morgan fingerprint density at radius 1 is 1.35 bits per heavy atom. The fourth-order valence-electron chi connectivity index (χ4n) is 1.90. The highest BCUT2D eigenvalue weighted by atomic mass is 16.5. The Balaban J connectivity index is 2.45. The number of ether oxygens (including phenoxy) is 1. The van der Waals surface area contributed by atoms with Crippen LogP contribution in [0.5, 0.6) is 5.75 Å². The Morgan fingerprint density at radius 2 is 2.10 bits per heavy atom. The first-order chi connectivity index (χ1) is 9.49. The first kappa shape index (κ1) is 14.0. The SMILES string of the molecule is Cc1cc(-c2ncncc2C(=O)O)ccc1OC(C)C. The van der Waals surface area contributed by atoms with Crippen molar-refractivity contribution in [2.75, 3.05) is 0 Å². The number of carbonyl (C=O) groups is 1. The van der Waals surface area contributed by atoms with Crippen LogP contribution in [0.3, 0.4) is 0 Å². The molecule has 0 aliphatic carbocycles. The molecule has 0 aliphatic rings. The Labute approximate surface area is 117 Å². The van der Waals surface area contributed by atoms with Gasteiger partial charge < -0.3 is 9.84 Å². The lowest BCUT2D eigenvalue weighted by Crippen LogP contribution is -2.07. The molecule has 0 saturated carbocycles. The zero-order valence-electron chi connectivity index (χ0n) is 11.6. The highest BCUT2D eigenvalue weighted by Gasteiger charge is 2.14. The molecule has 0 radical (unpaired) electrons. The van der Waals surface area contributed by atoms with E-state index < -0.39 is 5.97 Å². The van der Waals surface area contributed by atoms with Crippen LogP contribution >= 0.6 is 0 Å². The highest BCUT2D eigenvalue weighted by Crippen LogP contribution is 2.27. The van der Waals surface area contributed by atoms with Gasteiger partial charge in [0.25, 0.3) is 0 Å². The fourth-order valence-corrected chi connectivity index (χ4v) is 1.90. The van der Waals surface area contributed by atoms with Crippen molar-refractivity contribution >= 4 is 5.97 Å². The zero-order valence-corrected chi connectivity index (χ0v) is 11.6. The molecule has 0 atom stereocenters. The van der Waals surface area contributed by atoms with E-state index in [-0.39, 0.29) is 11.7 Å². The van der Waals surface area contributed by atoms with Crippen LogP contribution in [0, 0.1) is 6.92 Å². The predicted octanol–water partition coefficient (Wildman–Crippen LogP) is 2.94. The quantitative estimate of drug-likeness (QED) is 0.926. The van der Waals surface area contributed by atoms with Crippen molar-refractivity contribution in [3.8, 4) is 17.0 Å². The molecule has 20 heavy (non-hydrogen) atoms. The van der Waals surface area contributed by atoms with Gasteiger partial charge in [-0.3, -0.25) is 0 Å². The van der Waals surface area contributed by atoms with Crippen molar-refractivity contribution in [1.82, 2.24) is 9.97 Å². The van der Waals surface area contributed by atoms with Gasteiger partial charge in [0.15, 0.2) is 0 Å². The van der Waals surface area contributed by atoms with Crippen molar-refractivity contribution in [3.05, 3.63) is 41.9 Å². The molecule has 5 heteroatoms. The van der Waals surface area contributed by atoms with Crippen LogP contribution in [-0.4, -0.2) is 27.1 Å². The molecule has 2 aromatic rings. The van der Waals surface area contributed by atoms with Gasteiger partial charge in [-0.1, -0.05) is 0 Å². The smallest absolute Gasteiger partial charge is 0.339 e. The zero-order chi connectivity index (χ0) is 14.7. The van der Waals surface area contributed by atoms with E-state index in [0.717, 1.165) is 16.9 Å². The van der Waals surface area contributed by atoms with Crippen LogP contribution in [0.25, 0.3) is 11.3 Å². The van der Waals surface area contributed by atoms with E-state index in [2.05, 4.69) is 9.97 Å². The molecule has 0 saturated heterocycles. The number of aromatic carboxylic acids is 1. The number of carboxylic acids is 1. The van der Waals surface area contributed by atoms with Gasteiger partial charge >= 0.3 is 5.97 Å². The van der Waals surface area contributed by atoms with Gasteiger partial charge in [0.2, 0.25) is 0 Å². The Kier molecular flexibility index (Phi) is 3.98. The molecule has 0 bridgehead atoms. The van der Waals surface area contributed by atoms with Crippen LogP contribution in [-0.2, 0) is 0 Å². The summed E-state index contributed by atoms with van der Waals surface area (Å²) in [5.74, 6) is -0.254. The third-order valence-electron chi connectivity index (χ3n) is 2.75. The maximum Gasteiger partial charge on any atom is 0.339 e. The average molecular weight is 272 g/mol. The van der Waals surface area contributed by atoms with Gasteiger partial charge in [-0.25, -0.2) is 14.8 Å². The number of benzene rings is 1. The van der Waals surface area contributed by atoms with E-state index in [9.17, 15) is 4.79 Å². The number of carboxylic acid groups (broad SMARTS) is 1. The van der Waals surface area contributed by atoms with Crippen molar-refractivity contribution in [1.29, 1.82) is 0 Å². The third kappa shape index (κ3) is 2.93.